The molecule has 1 aliphatic rings. The third-order valence-electron chi connectivity index (χ3n) is 5.37. The topological polar surface area (TPSA) is 41.6 Å². The smallest absolute Gasteiger partial charge is 0.407 e. The Labute approximate surface area is 184 Å². The molecule has 1 amide bonds. The van der Waals surface area contributed by atoms with Gasteiger partial charge in [0.15, 0.2) is 0 Å². The van der Waals surface area contributed by atoms with Gasteiger partial charge in [-0.2, -0.15) is 0 Å². The highest BCUT2D eigenvalue weighted by atomic mass is 16.6. The molecule has 3 aromatic rings. The molecule has 1 heterocycles. The van der Waals surface area contributed by atoms with Crippen molar-refractivity contribution >= 4 is 11.8 Å². The van der Waals surface area contributed by atoms with E-state index in [9.17, 15) is 4.79 Å². The first kappa shape index (κ1) is 21.0. The van der Waals surface area contributed by atoms with E-state index in [0.29, 0.717) is 0 Å². The van der Waals surface area contributed by atoms with Gasteiger partial charge in [0.2, 0.25) is 0 Å². The van der Waals surface area contributed by atoms with Crippen molar-refractivity contribution in [2.45, 2.75) is 45.4 Å². The lowest BCUT2D eigenvalue weighted by molar-refractivity contribution is 0.0504. The number of anilines is 1. The molecule has 1 atom stereocenters. The number of alkyl carbamates (subject to hydrolysis) is 1. The Morgan fingerprint density at radius 1 is 0.968 bits per heavy atom. The van der Waals surface area contributed by atoms with Gasteiger partial charge in [-0.05, 0) is 61.6 Å². The van der Waals surface area contributed by atoms with Crippen LogP contribution in [0, 0.1) is 0 Å². The summed E-state index contributed by atoms with van der Waals surface area (Å²) in [5, 5.41) is 3.09. The van der Waals surface area contributed by atoms with Gasteiger partial charge < -0.3 is 15.0 Å². The number of fused-ring (bicyclic) bond motifs is 1. The van der Waals surface area contributed by atoms with Crippen molar-refractivity contribution in [1.82, 2.24) is 5.32 Å². The van der Waals surface area contributed by atoms with Crippen molar-refractivity contribution in [2.75, 3.05) is 11.4 Å². The zero-order valence-electron chi connectivity index (χ0n) is 18.5. The molecular weight excluding hydrogens is 384 g/mol. The van der Waals surface area contributed by atoms with Crippen LogP contribution in [0.1, 0.15) is 31.9 Å². The summed E-state index contributed by atoms with van der Waals surface area (Å²) in [7, 11) is 0. The van der Waals surface area contributed by atoms with Crippen molar-refractivity contribution in [2.24, 2.45) is 0 Å². The number of carbonyl (C=O) groups excluding carboxylic acids is 1. The van der Waals surface area contributed by atoms with Gasteiger partial charge in [0.05, 0.1) is 6.04 Å². The number of hydrogen-bond donors (Lipinski definition) is 1. The molecule has 4 rings (SSSR count). The second kappa shape index (κ2) is 8.84. The van der Waals surface area contributed by atoms with Gasteiger partial charge in [-0.25, -0.2) is 4.79 Å². The first-order chi connectivity index (χ1) is 14.9. The third kappa shape index (κ3) is 5.46. The van der Waals surface area contributed by atoms with Gasteiger partial charge >= 0.3 is 6.09 Å². The average molecular weight is 415 g/mol. The summed E-state index contributed by atoms with van der Waals surface area (Å²) in [6, 6.07) is 27.5. The van der Waals surface area contributed by atoms with Crippen molar-refractivity contribution in [3.8, 4) is 11.1 Å². The summed E-state index contributed by atoms with van der Waals surface area (Å²) >= 11 is 0. The maximum absolute atomic E-state index is 12.4. The summed E-state index contributed by atoms with van der Waals surface area (Å²) in [6.45, 7) is 7.20. The first-order valence-electron chi connectivity index (χ1n) is 10.8. The van der Waals surface area contributed by atoms with E-state index in [1.165, 1.54) is 27.9 Å². The molecule has 1 N–H and O–H groups in total. The van der Waals surface area contributed by atoms with Crippen molar-refractivity contribution in [3.63, 3.8) is 0 Å². The van der Waals surface area contributed by atoms with Crippen LogP contribution in [0.3, 0.4) is 0 Å². The molecule has 160 valence electrons. The Morgan fingerprint density at radius 2 is 1.65 bits per heavy atom. The number of amides is 1. The summed E-state index contributed by atoms with van der Waals surface area (Å²) in [5.74, 6) is 0. The summed E-state index contributed by atoms with van der Waals surface area (Å²) in [6.07, 6.45) is 0.417. The molecule has 0 bridgehead atoms. The van der Waals surface area contributed by atoms with Gasteiger partial charge in [0.1, 0.15) is 5.60 Å². The predicted octanol–water partition coefficient (Wildman–Crippen LogP) is 5.81. The highest BCUT2D eigenvalue weighted by Gasteiger charge is 2.27. The molecule has 31 heavy (non-hydrogen) atoms. The fourth-order valence-electron chi connectivity index (χ4n) is 4.09. The van der Waals surface area contributed by atoms with Gasteiger partial charge in [-0.3, -0.25) is 0 Å². The van der Waals surface area contributed by atoms with Crippen LogP contribution in [0.25, 0.3) is 11.1 Å². The van der Waals surface area contributed by atoms with E-state index in [2.05, 4.69) is 76.9 Å². The van der Waals surface area contributed by atoms with Gasteiger partial charge in [0, 0.05) is 18.8 Å². The Morgan fingerprint density at radius 3 is 2.32 bits per heavy atom. The molecule has 0 aromatic heterocycles. The standard InChI is InChI=1S/C27H30N2O2/c1-27(2,3)31-26(30)28-24-17-23-16-22(21-12-8-5-9-13-21)14-15-25(23)29(19-24)18-20-10-6-4-7-11-20/h4-16,24H,17-19H2,1-3H3,(H,28,30). The molecular formula is C27H30N2O2. The van der Waals surface area contributed by atoms with E-state index in [-0.39, 0.29) is 12.1 Å². The van der Waals surface area contributed by atoms with Crippen LogP contribution < -0.4 is 10.2 Å². The van der Waals surface area contributed by atoms with Crippen molar-refractivity contribution < 1.29 is 9.53 Å². The van der Waals surface area contributed by atoms with Crippen LogP contribution in [0.2, 0.25) is 0 Å². The van der Waals surface area contributed by atoms with E-state index in [0.717, 1.165) is 19.5 Å². The molecule has 0 radical (unpaired) electrons. The minimum atomic E-state index is -0.513. The third-order valence-corrected chi connectivity index (χ3v) is 5.37. The number of nitrogens with one attached hydrogen (secondary N) is 1. The molecule has 3 aromatic carbocycles. The molecule has 4 heteroatoms. The summed E-state index contributed by atoms with van der Waals surface area (Å²) in [5.41, 5.74) is 5.59. The van der Waals surface area contributed by atoms with Crippen LogP contribution in [0.5, 0.6) is 0 Å². The Balaban J connectivity index is 1.62. The molecule has 4 nitrogen and oxygen atoms in total. The van der Waals surface area contributed by atoms with Crippen molar-refractivity contribution in [3.05, 3.63) is 90.0 Å². The lowest BCUT2D eigenvalue weighted by Crippen LogP contribution is -2.49. The first-order valence-corrected chi connectivity index (χ1v) is 10.8. The Bertz CT molecular complexity index is 1030. The number of rotatable bonds is 4. The minimum absolute atomic E-state index is 0.0166. The van der Waals surface area contributed by atoms with Crippen LogP contribution in [-0.4, -0.2) is 24.3 Å². The normalized spacial score (nSPS) is 15.8. The molecule has 1 unspecified atom stereocenters. The Hall–Kier alpha value is -3.27. The molecule has 0 saturated heterocycles. The number of hydrogen-bond acceptors (Lipinski definition) is 3. The second-order valence-electron chi connectivity index (χ2n) is 9.12. The fraction of sp³-hybridized carbons (Fsp3) is 0.296. The number of carbonyl (C=O) groups is 1. The summed E-state index contributed by atoms with van der Waals surface area (Å²) < 4.78 is 5.51. The SMILES string of the molecule is CC(C)(C)OC(=O)NC1Cc2cc(-c3ccccc3)ccc2N(Cc2ccccc2)C1. The lowest BCUT2D eigenvalue weighted by atomic mass is 9.93. The van der Waals surface area contributed by atoms with Gasteiger partial charge in [-0.15, -0.1) is 0 Å². The number of nitrogens with zero attached hydrogens (tertiary/aromatic N) is 1. The predicted molar refractivity (Wildman–Crippen MR) is 126 cm³/mol. The van der Waals surface area contributed by atoms with Crippen LogP contribution >= 0.6 is 0 Å². The maximum Gasteiger partial charge on any atom is 0.407 e. The van der Waals surface area contributed by atoms with Crippen LogP contribution in [0.4, 0.5) is 10.5 Å². The highest BCUT2D eigenvalue weighted by Crippen LogP contribution is 2.33. The lowest BCUT2D eigenvalue weighted by Gasteiger charge is -2.37. The van der Waals surface area contributed by atoms with E-state index in [1.807, 2.05) is 32.9 Å². The van der Waals surface area contributed by atoms with E-state index < -0.39 is 5.60 Å². The van der Waals surface area contributed by atoms with E-state index >= 15 is 0 Å². The van der Waals surface area contributed by atoms with Gasteiger partial charge in [-0.1, -0.05) is 66.7 Å². The average Bonchev–Trinajstić information content (AvgIpc) is 2.73. The Kier molecular flexibility index (Phi) is 5.99. The van der Waals surface area contributed by atoms with Gasteiger partial charge in [0.25, 0.3) is 0 Å². The van der Waals surface area contributed by atoms with Crippen molar-refractivity contribution in [1.29, 1.82) is 0 Å². The second-order valence-corrected chi connectivity index (χ2v) is 9.12. The number of benzene rings is 3. The van der Waals surface area contributed by atoms with Crippen LogP contribution in [-0.2, 0) is 17.7 Å². The zero-order chi connectivity index (χ0) is 21.8. The molecule has 0 saturated carbocycles. The summed E-state index contributed by atoms with van der Waals surface area (Å²) in [4.78, 5) is 14.8. The highest BCUT2D eigenvalue weighted by molar-refractivity contribution is 5.72. The molecule has 0 spiro atoms. The minimum Gasteiger partial charge on any atom is -0.444 e. The largest absolute Gasteiger partial charge is 0.444 e. The van der Waals surface area contributed by atoms with E-state index in [1.54, 1.807) is 0 Å². The molecule has 0 aliphatic carbocycles. The van der Waals surface area contributed by atoms with E-state index in [4.69, 9.17) is 4.74 Å². The fourth-order valence-corrected chi connectivity index (χ4v) is 4.09. The maximum atomic E-state index is 12.4. The van der Waals surface area contributed by atoms with Crippen LogP contribution in [0.15, 0.2) is 78.9 Å². The quantitative estimate of drug-likeness (QED) is 0.586. The number of ether oxygens (including phenoxy) is 1. The zero-order valence-corrected chi connectivity index (χ0v) is 18.5. The molecule has 0 fully saturated rings. The monoisotopic (exact) mass is 414 g/mol. The molecule has 1 aliphatic heterocycles.